The van der Waals surface area contributed by atoms with Crippen molar-refractivity contribution in [2.75, 3.05) is 20.0 Å². The number of nitrogens with one attached hydrogen (secondary N) is 1. The lowest BCUT2D eigenvalue weighted by atomic mass is 10.2. The molecule has 2 heterocycles. The number of amides is 1. The number of hydrogen-bond acceptors (Lipinski definition) is 7. The van der Waals surface area contributed by atoms with Gasteiger partial charge in [0.1, 0.15) is 5.82 Å². The molecule has 144 valence electrons. The fraction of sp³-hybridized carbons (Fsp3) is 0.444. The van der Waals surface area contributed by atoms with Crippen molar-refractivity contribution in [3.05, 3.63) is 18.0 Å². The van der Waals surface area contributed by atoms with Crippen LogP contribution in [0.5, 0.6) is 11.5 Å². The molecule has 1 amide bonds. The number of methoxy groups -OCH3 is 2. The van der Waals surface area contributed by atoms with Crippen LogP contribution in [0.1, 0.15) is 26.1 Å². The number of hydrogen-bond donors (Lipinski definition) is 1. The zero-order valence-electron chi connectivity index (χ0n) is 16.1. The highest BCUT2D eigenvalue weighted by molar-refractivity contribution is 7.99. The van der Waals surface area contributed by atoms with Gasteiger partial charge in [-0.1, -0.05) is 18.7 Å². The summed E-state index contributed by atoms with van der Waals surface area (Å²) < 4.78 is 12.4. The molecule has 0 aliphatic carbocycles. The summed E-state index contributed by atoms with van der Waals surface area (Å²) >= 11 is 1.33. The number of thioether (sulfide) groups is 1. The second-order valence-electron chi connectivity index (χ2n) is 6.18. The standard InChI is InChI=1S/C18H23N5O3S/c1-6-10(2)19-16(24)9-27-18-21-13-8-15(26-5)14(25-4)7-12(13)17-20-11(3)22-23(17)18/h7-8,10H,6,9H2,1-5H3,(H,19,24). The number of aryl methyl sites for hydroxylation is 1. The molecule has 27 heavy (non-hydrogen) atoms. The van der Waals surface area contributed by atoms with E-state index in [9.17, 15) is 4.79 Å². The Bertz CT molecular complexity index is 988. The maximum atomic E-state index is 12.1. The monoisotopic (exact) mass is 389 g/mol. The van der Waals surface area contributed by atoms with Crippen molar-refractivity contribution in [3.63, 3.8) is 0 Å². The molecule has 0 saturated heterocycles. The number of carbonyl (C=O) groups is 1. The highest BCUT2D eigenvalue weighted by Crippen LogP contribution is 2.34. The smallest absolute Gasteiger partial charge is 0.230 e. The number of ether oxygens (including phenoxy) is 2. The molecule has 2 aromatic heterocycles. The van der Waals surface area contributed by atoms with Gasteiger partial charge in [-0.3, -0.25) is 4.79 Å². The molecule has 0 aliphatic heterocycles. The van der Waals surface area contributed by atoms with E-state index in [2.05, 4.69) is 20.4 Å². The summed E-state index contributed by atoms with van der Waals surface area (Å²) in [7, 11) is 3.17. The van der Waals surface area contributed by atoms with Crippen LogP contribution in [-0.4, -0.2) is 51.5 Å². The van der Waals surface area contributed by atoms with E-state index in [-0.39, 0.29) is 17.7 Å². The Morgan fingerprint density at radius 2 is 1.96 bits per heavy atom. The predicted octanol–water partition coefficient (Wildman–Crippen LogP) is 2.61. The summed E-state index contributed by atoms with van der Waals surface area (Å²) in [5.41, 5.74) is 1.38. The molecular formula is C18H23N5O3S. The highest BCUT2D eigenvalue weighted by atomic mass is 32.2. The Balaban J connectivity index is 2.02. The minimum absolute atomic E-state index is 0.0338. The Hall–Kier alpha value is -2.55. The largest absolute Gasteiger partial charge is 0.493 e. The van der Waals surface area contributed by atoms with Gasteiger partial charge in [-0.25, -0.2) is 9.97 Å². The first-order valence-corrected chi connectivity index (χ1v) is 9.66. The van der Waals surface area contributed by atoms with E-state index in [0.29, 0.717) is 33.6 Å². The number of rotatable bonds is 7. The Morgan fingerprint density at radius 3 is 2.63 bits per heavy atom. The summed E-state index contributed by atoms with van der Waals surface area (Å²) in [6, 6.07) is 3.80. The van der Waals surface area contributed by atoms with Crippen LogP contribution in [0.25, 0.3) is 16.6 Å². The summed E-state index contributed by atoms with van der Waals surface area (Å²) in [4.78, 5) is 21.3. The van der Waals surface area contributed by atoms with Gasteiger partial charge >= 0.3 is 0 Å². The highest BCUT2D eigenvalue weighted by Gasteiger charge is 2.17. The van der Waals surface area contributed by atoms with Crippen molar-refractivity contribution in [1.82, 2.24) is 24.9 Å². The maximum absolute atomic E-state index is 12.1. The van der Waals surface area contributed by atoms with Crippen LogP contribution in [-0.2, 0) is 4.79 Å². The van der Waals surface area contributed by atoms with E-state index >= 15 is 0 Å². The SMILES string of the molecule is CCC(C)NC(=O)CSc1nc2cc(OC)c(OC)cc2c2nc(C)nn12. The second kappa shape index (κ2) is 7.99. The van der Waals surface area contributed by atoms with Crippen LogP contribution in [0.3, 0.4) is 0 Å². The molecule has 1 N–H and O–H groups in total. The molecule has 1 aromatic carbocycles. The van der Waals surface area contributed by atoms with E-state index in [1.54, 1.807) is 18.7 Å². The third kappa shape index (κ3) is 3.92. The summed E-state index contributed by atoms with van der Waals surface area (Å²) in [5.74, 6) is 2.04. The van der Waals surface area contributed by atoms with Gasteiger partial charge in [0.25, 0.3) is 0 Å². The van der Waals surface area contributed by atoms with Gasteiger partial charge in [0.15, 0.2) is 22.3 Å². The van der Waals surface area contributed by atoms with Crippen molar-refractivity contribution < 1.29 is 14.3 Å². The van der Waals surface area contributed by atoms with E-state index in [1.807, 2.05) is 32.9 Å². The van der Waals surface area contributed by atoms with Gasteiger partial charge in [-0.15, -0.1) is 5.10 Å². The van der Waals surface area contributed by atoms with Crippen LogP contribution in [0.2, 0.25) is 0 Å². The van der Waals surface area contributed by atoms with Crippen molar-refractivity contribution in [1.29, 1.82) is 0 Å². The van der Waals surface area contributed by atoms with Gasteiger partial charge in [0.05, 0.1) is 25.5 Å². The molecule has 0 bridgehead atoms. The van der Waals surface area contributed by atoms with Crippen molar-refractivity contribution >= 4 is 34.2 Å². The molecule has 0 radical (unpaired) electrons. The topological polar surface area (TPSA) is 90.6 Å². The molecule has 1 unspecified atom stereocenters. The van der Waals surface area contributed by atoms with Crippen LogP contribution in [0.15, 0.2) is 17.3 Å². The lowest BCUT2D eigenvalue weighted by Gasteiger charge is -2.12. The van der Waals surface area contributed by atoms with E-state index < -0.39 is 0 Å². The van der Waals surface area contributed by atoms with Crippen LogP contribution < -0.4 is 14.8 Å². The van der Waals surface area contributed by atoms with Crippen molar-refractivity contribution in [2.24, 2.45) is 0 Å². The fourth-order valence-electron chi connectivity index (χ4n) is 2.66. The minimum atomic E-state index is -0.0338. The first-order valence-electron chi connectivity index (χ1n) is 8.68. The average Bonchev–Trinajstić information content (AvgIpc) is 3.06. The van der Waals surface area contributed by atoms with Crippen molar-refractivity contribution in [2.45, 2.75) is 38.4 Å². The average molecular weight is 389 g/mol. The molecule has 0 aliphatic rings. The molecule has 0 fully saturated rings. The third-order valence-electron chi connectivity index (χ3n) is 4.21. The first-order chi connectivity index (χ1) is 13.0. The van der Waals surface area contributed by atoms with Crippen molar-refractivity contribution in [3.8, 4) is 11.5 Å². The minimum Gasteiger partial charge on any atom is -0.493 e. The number of carbonyl (C=O) groups excluding carboxylic acids is 1. The molecule has 0 saturated carbocycles. The fourth-order valence-corrected chi connectivity index (χ4v) is 3.41. The lowest BCUT2D eigenvalue weighted by molar-refractivity contribution is -0.119. The zero-order valence-corrected chi connectivity index (χ0v) is 16.9. The number of benzene rings is 1. The second-order valence-corrected chi connectivity index (χ2v) is 7.12. The van der Waals surface area contributed by atoms with Gasteiger partial charge in [0.2, 0.25) is 5.91 Å². The number of aromatic nitrogens is 4. The number of nitrogens with zero attached hydrogens (tertiary/aromatic N) is 4. The van der Waals surface area contributed by atoms with E-state index in [1.165, 1.54) is 11.8 Å². The summed E-state index contributed by atoms with van der Waals surface area (Å²) in [6.45, 7) is 5.84. The molecule has 3 rings (SSSR count). The van der Waals surface area contributed by atoms with Gasteiger partial charge in [-0.2, -0.15) is 4.52 Å². The predicted molar refractivity (Wildman–Crippen MR) is 105 cm³/mol. The molecule has 9 heteroatoms. The van der Waals surface area contributed by atoms with Gasteiger partial charge in [-0.05, 0) is 26.3 Å². The number of fused-ring (bicyclic) bond motifs is 3. The van der Waals surface area contributed by atoms with Crippen LogP contribution >= 0.6 is 11.8 Å². The maximum Gasteiger partial charge on any atom is 0.230 e. The first kappa shape index (κ1) is 19.2. The van der Waals surface area contributed by atoms with Crippen LogP contribution in [0, 0.1) is 6.92 Å². The summed E-state index contributed by atoms with van der Waals surface area (Å²) in [6.07, 6.45) is 0.888. The molecule has 3 aromatic rings. The molecule has 8 nitrogen and oxygen atoms in total. The van der Waals surface area contributed by atoms with E-state index in [4.69, 9.17) is 9.47 Å². The molecule has 0 spiro atoms. The molecular weight excluding hydrogens is 366 g/mol. The third-order valence-corrected chi connectivity index (χ3v) is 5.13. The Morgan fingerprint density at radius 1 is 1.26 bits per heavy atom. The Kier molecular flexibility index (Phi) is 5.69. The van der Waals surface area contributed by atoms with Gasteiger partial charge < -0.3 is 14.8 Å². The quantitative estimate of drug-likeness (QED) is 0.491. The Labute approximate surface area is 161 Å². The van der Waals surface area contributed by atoms with E-state index in [0.717, 1.165) is 11.8 Å². The molecule has 1 atom stereocenters. The zero-order chi connectivity index (χ0) is 19.6. The normalized spacial score (nSPS) is 12.3. The lowest BCUT2D eigenvalue weighted by Crippen LogP contribution is -2.33. The van der Waals surface area contributed by atoms with Gasteiger partial charge in [0, 0.05) is 17.5 Å². The van der Waals surface area contributed by atoms with Crippen LogP contribution in [0.4, 0.5) is 0 Å². The summed E-state index contributed by atoms with van der Waals surface area (Å²) in [5, 5.41) is 8.80.